The van der Waals surface area contributed by atoms with Crippen molar-refractivity contribution in [3.63, 3.8) is 0 Å². The molecule has 1 heterocycles. The number of aryl methyl sites for hydroxylation is 1. The van der Waals surface area contributed by atoms with E-state index in [1.165, 1.54) is 0 Å². The molecule has 0 aliphatic rings. The molecule has 0 aliphatic heterocycles. The van der Waals surface area contributed by atoms with Crippen molar-refractivity contribution in [2.45, 2.75) is 12.8 Å². The second kappa shape index (κ2) is 7.61. The van der Waals surface area contributed by atoms with E-state index in [0.717, 1.165) is 34.9 Å². The maximum atomic E-state index is 8.97. The minimum Gasteiger partial charge on any atom is -0.497 e. The molecule has 0 atom stereocenters. The van der Waals surface area contributed by atoms with E-state index in [1.807, 2.05) is 48.5 Å². The van der Waals surface area contributed by atoms with Crippen molar-refractivity contribution in [1.82, 2.24) is 15.0 Å². The normalized spacial score (nSPS) is 10.6. The zero-order valence-corrected chi connectivity index (χ0v) is 13.5. The van der Waals surface area contributed by atoms with Crippen molar-refractivity contribution >= 4 is 11.4 Å². The molecule has 0 amide bonds. The summed E-state index contributed by atoms with van der Waals surface area (Å²) in [6.07, 6.45) is 3.18. The fourth-order valence-corrected chi connectivity index (χ4v) is 2.43. The van der Waals surface area contributed by atoms with E-state index in [-0.39, 0.29) is 6.61 Å². The fourth-order valence-electron chi connectivity index (χ4n) is 2.43. The van der Waals surface area contributed by atoms with Crippen LogP contribution in [0.25, 0.3) is 5.69 Å². The average Bonchev–Trinajstić information content (AvgIpc) is 3.10. The van der Waals surface area contributed by atoms with Gasteiger partial charge in [-0.3, -0.25) is 0 Å². The number of anilines is 2. The third-order valence-corrected chi connectivity index (χ3v) is 3.70. The van der Waals surface area contributed by atoms with Crippen molar-refractivity contribution in [2.24, 2.45) is 0 Å². The van der Waals surface area contributed by atoms with E-state index >= 15 is 0 Å². The molecular weight excluding hydrogens is 304 g/mol. The Morgan fingerprint density at radius 2 is 1.71 bits per heavy atom. The number of aromatic nitrogens is 3. The molecule has 0 bridgehead atoms. The van der Waals surface area contributed by atoms with Gasteiger partial charge >= 0.3 is 0 Å². The predicted molar refractivity (Wildman–Crippen MR) is 93.0 cm³/mol. The van der Waals surface area contributed by atoms with Crippen LogP contribution in [-0.2, 0) is 6.42 Å². The van der Waals surface area contributed by atoms with E-state index in [1.54, 1.807) is 18.0 Å². The Kier molecular flexibility index (Phi) is 5.08. The first kappa shape index (κ1) is 16.0. The number of rotatable bonds is 7. The number of hydrogen-bond donors (Lipinski definition) is 2. The van der Waals surface area contributed by atoms with E-state index in [2.05, 4.69) is 15.6 Å². The molecule has 124 valence electrons. The number of nitrogens with one attached hydrogen (secondary N) is 1. The van der Waals surface area contributed by atoms with Crippen molar-refractivity contribution in [1.29, 1.82) is 0 Å². The van der Waals surface area contributed by atoms with Gasteiger partial charge in [-0.25, -0.2) is 4.68 Å². The van der Waals surface area contributed by atoms with Gasteiger partial charge in [0.25, 0.3) is 0 Å². The molecule has 0 unspecified atom stereocenters. The summed E-state index contributed by atoms with van der Waals surface area (Å²) in [7, 11) is 1.65. The number of nitrogens with zero attached hydrogens (tertiary/aromatic N) is 3. The minimum atomic E-state index is 0.163. The van der Waals surface area contributed by atoms with Crippen LogP contribution < -0.4 is 10.1 Å². The molecule has 0 saturated heterocycles. The van der Waals surface area contributed by atoms with Gasteiger partial charge in [-0.1, -0.05) is 5.21 Å². The summed E-state index contributed by atoms with van der Waals surface area (Å²) in [5, 5.41) is 20.4. The molecule has 0 saturated carbocycles. The molecule has 1 aromatic heterocycles. The second-order valence-corrected chi connectivity index (χ2v) is 5.36. The molecule has 6 heteroatoms. The maximum absolute atomic E-state index is 8.97. The molecule has 3 rings (SSSR count). The Bertz CT molecular complexity index is 766. The fraction of sp³-hybridized carbons (Fsp3) is 0.222. The highest BCUT2D eigenvalue weighted by molar-refractivity contribution is 5.61. The summed E-state index contributed by atoms with van der Waals surface area (Å²) in [5.41, 5.74) is 3.91. The first-order valence-electron chi connectivity index (χ1n) is 7.82. The van der Waals surface area contributed by atoms with Crippen molar-refractivity contribution in [2.75, 3.05) is 19.0 Å². The highest BCUT2D eigenvalue weighted by Gasteiger charge is 2.06. The Hall–Kier alpha value is -2.86. The molecule has 3 aromatic rings. The first-order valence-corrected chi connectivity index (χ1v) is 7.82. The number of methoxy groups -OCH3 is 1. The average molecular weight is 324 g/mol. The second-order valence-electron chi connectivity index (χ2n) is 5.36. The lowest BCUT2D eigenvalue weighted by molar-refractivity contribution is 0.287. The van der Waals surface area contributed by atoms with E-state index in [9.17, 15) is 0 Å². The van der Waals surface area contributed by atoms with Gasteiger partial charge in [0, 0.05) is 18.0 Å². The number of aliphatic hydroxyl groups excluding tert-OH is 1. The van der Waals surface area contributed by atoms with Gasteiger partial charge in [0.1, 0.15) is 5.75 Å². The molecule has 2 N–H and O–H groups in total. The highest BCUT2D eigenvalue weighted by Crippen LogP contribution is 2.21. The van der Waals surface area contributed by atoms with Crippen LogP contribution in [0.1, 0.15) is 12.1 Å². The van der Waals surface area contributed by atoms with Gasteiger partial charge < -0.3 is 15.2 Å². The Morgan fingerprint density at radius 3 is 2.33 bits per heavy atom. The van der Waals surface area contributed by atoms with Crippen LogP contribution in [0.5, 0.6) is 5.75 Å². The Labute approximate surface area is 140 Å². The van der Waals surface area contributed by atoms with Crippen LogP contribution in [0.4, 0.5) is 11.4 Å². The van der Waals surface area contributed by atoms with Crippen LogP contribution in [0.15, 0.2) is 54.7 Å². The summed E-state index contributed by atoms with van der Waals surface area (Å²) < 4.78 is 6.95. The lowest BCUT2D eigenvalue weighted by Crippen LogP contribution is -2.03. The van der Waals surface area contributed by atoms with Gasteiger partial charge in [-0.05, 0) is 61.4 Å². The number of hydrogen-bond acceptors (Lipinski definition) is 5. The van der Waals surface area contributed by atoms with Gasteiger partial charge in [-0.2, -0.15) is 0 Å². The first-order chi connectivity index (χ1) is 11.8. The molecule has 0 spiro atoms. The van der Waals surface area contributed by atoms with Crippen molar-refractivity contribution in [3.05, 3.63) is 60.4 Å². The van der Waals surface area contributed by atoms with Gasteiger partial charge in [0.2, 0.25) is 0 Å². The third kappa shape index (κ3) is 3.72. The molecular formula is C18H20N4O2. The number of ether oxygens (including phenoxy) is 1. The highest BCUT2D eigenvalue weighted by atomic mass is 16.5. The standard InChI is InChI=1S/C18H20N4O2/c1-24-18-10-6-15(7-11-18)20-14-4-8-16(9-5-14)22-17(3-2-12-23)13-19-21-22/h4-11,13,20,23H,2-3,12H2,1H3. The summed E-state index contributed by atoms with van der Waals surface area (Å²) in [6.45, 7) is 0.163. The van der Waals surface area contributed by atoms with Gasteiger partial charge in [-0.15, -0.1) is 5.10 Å². The van der Waals surface area contributed by atoms with Crippen molar-refractivity contribution < 1.29 is 9.84 Å². The Morgan fingerprint density at radius 1 is 1.04 bits per heavy atom. The summed E-state index contributed by atoms with van der Waals surface area (Å²) in [5.74, 6) is 0.831. The van der Waals surface area contributed by atoms with Crippen LogP contribution in [0.3, 0.4) is 0 Å². The van der Waals surface area contributed by atoms with E-state index in [4.69, 9.17) is 9.84 Å². The van der Waals surface area contributed by atoms with Crippen LogP contribution in [0, 0.1) is 0 Å². The van der Waals surface area contributed by atoms with Gasteiger partial charge in [0.15, 0.2) is 0 Å². The molecule has 2 aromatic carbocycles. The van der Waals surface area contributed by atoms with Crippen LogP contribution >= 0.6 is 0 Å². The quantitative estimate of drug-likeness (QED) is 0.699. The van der Waals surface area contributed by atoms with Crippen molar-refractivity contribution in [3.8, 4) is 11.4 Å². The largest absolute Gasteiger partial charge is 0.497 e. The predicted octanol–water partition coefficient (Wildman–Crippen LogP) is 2.94. The van der Waals surface area contributed by atoms with E-state index in [0.29, 0.717) is 6.42 Å². The molecule has 24 heavy (non-hydrogen) atoms. The zero-order chi connectivity index (χ0) is 16.8. The molecule has 6 nitrogen and oxygen atoms in total. The SMILES string of the molecule is COc1ccc(Nc2ccc(-n3nncc3CCCO)cc2)cc1. The lowest BCUT2D eigenvalue weighted by atomic mass is 10.2. The van der Waals surface area contributed by atoms with Crippen LogP contribution in [-0.4, -0.2) is 33.8 Å². The Balaban J connectivity index is 1.72. The smallest absolute Gasteiger partial charge is 0.119 e. The topological polar surface area (TPSA) is 72.2 Å². The summed E-state index contributed by atoms with van der Waals surface area (Å²) in [6, 6.07) is 15.7. The van der Waals surface area contributed by atoms with Crippen LogP contribution in [0.2, 0.25) is 0 Å². The summed E-state index contributed by atoms with van der Waals surface area (Å²) in [4.78, 5) is 0. The molecule has 0 radical (unpaired) electrons. The third-order valence-electron chi connectivity index (χ3n) is 3.70. The summed E-state index contributed by atoms with van der Waals surface area (Å²) >= 11 is 0. The maximum Gasteiger partial charge on any atom is 0.119 e. The van der Waals surface area contributed by atoms with Gasteiger partial charge in [0.05, 0.1) is 24.7 Å². The minimum absolute atomic E-state index is 0.163. The number of benzene rings is 2. The molecule has 0 aliphatic carbocycles. The molecule has 0 fully saturated rings. The van der Waals surface area contributed by atoms with E-state index < -0.39 is 0 Å². The zero-order valence-electron chi connectivity index (χ0n) is 13.5. The monoisotopic (exact) mass is 324 g/mol. The number of aliphatic hydroxyl groups is 1. The lowest BCUT2D eigenvalue weighted by Gasteiger charge is -2.09.